The summed E-state index contributed by atoms with van der Waals surface area (Å²) in [5, 5.41) is 0. The summed E-state index contributed by atoms with van der Waals surface area (Å²) in [7, 11) is 9.67. The molecule has 0 fully saturated rings. The molecule has 0 saturated carbocycles. The Kier molecular flexibility index (Phi) is 21.9. The molecule has 0 bridgehead atoms. The third-order valence-corrected chi connectivity index (χ3v) is 2.27. The van der Waals surface area contributed by atoms with E-state index >= 15 is 0 Å². The Morgan fingerprint density at radius 2 is 0.481 bits per heavy atom. The molecule has 0 aromatic carbocycles. The SMILES string of the molecule is [Cl][Rh][Cl].c1ccncc1.c1ccncc1.c1ccncc1.c1ccncc1. The molecule has 0 aliphatic carbocycles. The maximum absolute atomic E-state index is 4.83. The van der Waals surface area contributed by atoms with E-state index in [4.69, 9.17) is 19.4 Å². The van der Waals surface area contributed by atoms with Crippen LogP contribution in [0.3, 0.4) is 0 Å². The predicted octanol–water partition coefficient (Wildman–Crippen LogP) is 5.70. The van der Waals surface area contributed by atoms with Crippen LogP contribution >= 0.6 is 19.4 Å². The van der Waals surface area contributed by atoms with E-state index in [0.29, 0.717) is 0 Å². The van der Waals surface area contributed by atoms with E-state index < -0.39 is 0 Å². The molecule has 4 aromatic heterocycles. The molecule has 0 aliphatic heterocycles. The standard InChI is InChI=1S/4C5H5N.2ClH.Rh/c4*1-2-4-6-5-3-1;;;/h4*1-5H;2*1H;/q;;;;;;+2/p-2. The summed E-state index contributed by atoms with van der Waals surface area (Å²) in [4.78, 5) is 15.1. The van der Waals surface area contributed by atoms with Crippen LogP contribution in [0, 0.1) is 0 Å². The van der Waals surface area contributed by atoms with Crippen molar-refractivity contribution in [1.82, 2.24) is 19.9 Å². The molecule has 0 aliphatic rings. The van der Waals surface area contributed by atoms with Gasteiger partial charge in [0.15, 0.2) is 0 Å². The maximum atomic E-state index is 4.83. The fourth-order valence-corrected chi connectivity index (χ4v) is 1.25. The predicted molar refractivity (Wildman–Crippen MR) is 109 cm³/mol. The number of aromatic nitrogens is 4. The average molecular weight is 490 g/mol. The molecular weight excluding hydrogens is 470 g/mol. The number of hydrogen-bond donors (Lipinski definition) is 0. The van der Waals surface area contributed by atoms with Gasteiger partial charge in [0.2, 0.25) is 0 Å². The van der Waals surface area contributed by atoms with E-state index in [1.54, 1.807) is 49.6 Å². The van der Waals surface area contributed by atoms with Crippen LogP contribution in [0.1, 0.15) is 0 Å². The van der Waals surface area contributed by atoms with Crippen molar-refractivity contribution in [3.63, 3.8) is 0 Å². The van der Waals surface area contributed by atoms with E-state index in [0.717, 1.165) is 0 Å². The molecule has 4 rings (SSSR count). The Balaban J connectivity index is 0.000000319. The number of rotatable bonds is 0. The van der Waals surface area contributed by atoms with Crippen LogP contribution < -0.4 is 0 Å². The van der Waals surface area contributed by atoms with Crippen LogP contribution in [0.5, 0.6) is 0 Å². The zero-order valence-corrected chi connectivity index (χ0v) is 17.6. The van der Waals surface area contributed by atoms with Crippen LogP contribution in [0.25, 0.3) is 0 Å². The minimum Gasteiger partial charge on any atom is -0.265 e. The summed E-state index contributed by atoms with van der Waals surface area (Å²) in [6, 6.07) is 22.9. The van der Waals surface area contributed by atoms with Crippen LogP contribution in [-0.2, 0) is 15.1 Å². The number of nitrogens with zero attached hydrogens (tertiary/aromatic N) is 4. The molecule has 0 amide bonds. The Morgan fingerprint density at radius 3 is 0.519 bits per heavy atom. The third-order valence-electron chi connectivity index (χ3n) is 2.27. The average Bonchev–Trinajstić information content (AvgIpc) is 2.80. The molecule has 0 radical (unpaired) electrons. The summed E-state index contributed by atoms with van der Waals surface area (Å²) in [6.07, 6.45) is 14.0. The second-order valence-electron chi connectivity index (χ2n) is 4.15. The van der Waals surface area contributed by atoms with Gasteiger partial charge in [-0.3, -0.25) is 19.9 Å². The van der Waals surface area contributed by atoms with Crippen LogP contribution in [0.15, 0.2) is 122 Å². The van der Waals surface area contributed by atoms with E-state index in [1.165, 1.54) is 0 Å². The van der Waals surface area contributed by atoms with Crippen molar-refractivity contribution in [2.75, 3.05) is 0 Å². The minimum absolute atomic E-state index is 0.226. The van der Waals surface area contributed by atoms with Crippen molar-refractivity contribution >= 4 is 19.4 Å². The second kappa shape index (κ2) is 23.8. The van der Waals surface area contributed by atoms with E-state index in [2.05, 4.69) is 19.9 Å². The molecule has 0 spiro atoms. The third kappa shape index (κ3) is 23.8. The largest absolute Gasteiger partial charge is 0.265 e. The van der Waals surface area contributed by atoms with Gasteiger partial charge >= 0.3 is 34.5 Å². The van der Waals surface area contributed by atoms with Crippen LogP contribution in [-0.4, -0.2) is 19.9 Å². The van der Waals surface area contributed by atoms with Gasteiger partial charge in [-0.05, 0) is 48.5 Å². The number of halogens is 2. The second-order valence-corrected chi connectivity index (χ2v) is 6.63. The van der Waals surface area contributed by atoms with Gasteiger partial charge < -0.3 is 0 Å². The van der Waals surface area contributed by atoms with Crippen molar-refractivity contribution < 1.29 is 15.1 Å². The molecule has 0 unspecified atom stereocenters. The molecule has 4 aromatic rings. The zero-order valence-electron chi connectivity index (χ0n) is 14.4. The summed E-state index contributed by atoms with van der Waals surface area (Å²) in [5.41, 5.74) is 0. The van der Waals surface area contributed by atoms with Gasteiger partial charge in [-0.2, -0.15) is 0 Å². The van der Waals surface area contributed by atoms with Gasteiger partial charge in [0.25, 0.3) is 0 Å². The Labute approximate surface area is 176 Å². The van der Waals surface area contributed by atoms with E-state index in [-0.39, 0.29) is 15.1 Å². The summed E-state index contributed by atoms with van der Waals surface area (Å²) >= 11 is -0.226. The van der Waals surface area contributed by atoms with Gasteiger partial charge in [-0.15, -0.1) is 0 Å². The quantitative estimate of drug-likeness (QED) is 0.297. The first-order chi connectivity index (χ1) is 13.4. The number of pyridine rings is 4. The molecule has 0 saturated heterocycles. The van der Waals surface area contributed by atoms with Crippen molar-refractivity contribution in [1.29, 1.82) is 0 Å². The van der Waals surface area contributed by atoms with E-state index in [1.807, 2.05) is 72.8 Å². The molecule has 0 N–H and O–H groups in total. The van der Waals surface area contributed by atoms with Crippen molar-refractivity contribution in [3.8, 4) is 0 Å². The van der Waals surface area contributed by atoms with Gasteiger partial charge in [-0.25, -0.2) is 0 Å². The Hall–Kier alpha value is -2.20. The monoisotopic (exact) mass is 489 g/mol. The fraction of sp³-hybridized carbons (Fsp3) is 0. The summed E-state index contributed by atoms with van der Waals surface area (Å²) < 4.78 is 0. The van der Waals surface area contributed by atoms with Crippen LogP contribution in [0.2, 0.25) is 0 Å². The summed E-state index contributed by atoms with van der Waals surface area (Å²) in [5.74, 6) is 0. The first kappa shape index (κ1) is 24.8. The van der Waals surface area contributed by atoms with Gasteiger partial charge in [0.1, 0.15) is 0 Å². The number of hydrogen-bond acceptors (Lipinski definition) is 4. The minimum atomic E-state index is -0.226. The first-order valence-electron chi connectivity index (χ1n) is 7.65. The molecule has 4 heterocycles. The van der Waals surface area contributed by atoms with Gasteiger partial charge in [-0.1, -0.05) is 24.3 Å². The topological polar surface area (TPSA) is 51.6 Å². The van der Waals surface area contributed by atoms with Crippen LogP contribution in [0.4, 0.5) is 0 Å². The molecule has 4 nitrogen and oxygen atoms in total. The Morgan fingerprint density at radius 1 is 0.333 bits per heavy atom. The van der Waals surface area contributed by atoms with Gasteiger partial charge in [0.05, 0.1) is 0 Å². The van der Waals surface area contributed by atoms with Gasteiger partial charge in [0, 0.05) is 49.6 Å². The Bertz CT molecular complexity index is 461. The smallest absolute Gasteiger partial charge is 0.0267 e. The fourth-order valence-electron chi connectivity index (χ4n) is 1.25. The molecule has 7 heteroatoms. The van der Waals surface area contributed by atoms with E-state index in [9.17, 15) is 0 Å². The molecule has 0 atom stereocenters. The van der Waals surface area contributed by atoms with Crippen molar-refractivity contribution in [2.24, 2.45) is 0 Å². The molecule has 143 valence electrons. The van der Waals surface area contributed by atoms with Crippen molar-refractivity contribution in [2.45, 2.75) is 0 Å². The molecular formula is C20H20Cl2N4Rh. The molecule has 27 heavy (non-hydrogen) atoms. The zero-order chi connectivity index (χ0) is 19.7. The normalized spacial score (nSPS) is 7.93. The maximum Gasteiger partial charge on any atom is 0.0267 e. The summed E-state index contributed by atoms with van der Waals surface area (Å²) in [6.45, 7) is 0. The first-order valence-corrected chi connectivity index (χ1v) is 11.9. The van der Waals surface area contributed by atoms with Crippen molar-refractivity contribution in [3.05, 3.63) is 122 Å².